The molecule has 74 valence electrons. The van der Waals surface area contributed by atoms with Crippen molar-refractivity contribution in [1.29, 1.82) is 0 Å². The Labute approximate surface area is 79.3 Å². The van der Waals surface area contributed by atoms with E-state index >= 15 is 0 Å². The maximum Gasteiger partial charge on any atom is 0.0964 e. The normalized spacial score (nSPS) is 11.1. The van der Waals surface area contributed by atoms with Crippen LogP contribution in [0.2, 0.25) is 0 Å². The van der Waals surface area contributed by atoms with Gasteiger partial charge in [0.2, 0.25) is 0 Å². The second-order valence-corrected chi connectivity index (χ2v) is 3.19. The Bertz CT molecular complexity index is 240. The van der Waals surface area contributed by atoms with Gasteiger partial charge in [0, 0.05) is 6.54 Å². The summed E-state index contributed by atoms with van der Waals surface area (Å²) in [7, 11) is 1.91. The van der Waals surface area contributed by atoms with E-state index < -0.39 is 0 Å². The molecule has 1 N–H and O–H groups in total. The van der Waals surface area contributed by atoms with Crippen LogP contribution in [0.25, 0.3) is 0 Å². The van der Waals surface area contributed by atoms with Gasteiger partial charge in [0.05, 0.1) is 17.9 Å². The lowest BCUT2D eigenvalue weighted by Gasteiger charge is -2.10. The highest BCUT2D eigenvalue weighted by Crippen LogP contribution is 2.13. The van der Waals surface area contributed by atoms with Crippen LogP contribution < -0.4 is 5.32 Å². The minimum absolute atomic E-state index is 0.498. The molecule has 0 unspecified atom stereocenters. The monoisotopic (exact) mass is 182 g/mol. The third-order valence-corrected chi connectivity index (χ3v) is 2.23. The van der Waals surface area contributed by atoms with E-state index in [2.05, 4.69) is 29.5 Å². The predicted octanol–water partition coefficient (Wildman–Crippen LogP) is 1.36. The van der Waals surface area contributed by atoms with Crippen LogP contribution in [0.5, 0.6) is 0 Å². The summed E-state index contributed by atoms with van der Waals surface area (Å²) in [6.07, 6.45) is 4.24. The van der Waals surface area contributed by atoms with E-state index in [-0.39, 0.29) is 0 Å². The minimum atomic E-state index is 0.498. The average molecular weight is 182 g/mol. The van der Waals surface area contributed by atoms with Crippen LogP contribution in [0.15, 0.2) is 6.20 Å². The molecular formula is C9H18N4. The molecule has 0 spiro atoms. The number of hydrogen-bond acceptors (Lipinski definition) is 3. The van der Waals surface area contributed by atoms with Crippen molar-refractivity contribution in [1.82, 2.24) is 20.3 Å². The Kier molecular flexibility index (Phi) is 3.89. The fraction of sp³-hybridized carbons (Fsp3) is 0.778. The summed E-state index contributed by atoms with van der Waals surface area (Å²) in [4.78, 5) is 0. The van der Waals surface area contributed by atoms with Crippen LogP contribution in [-0.2, 0) is 6.54 Å². The molecule has 1 aromatic rings. The fourth-order valence-corrected chi connectivity index (χ4v) is 1.42. The van der Waals surface area contributed by atoms with Crippen LogP contribution in [0.1, 0.15) is 38.4 Å². The first kappa shape index (κ1) is 10.2. The maximum atomic E-state index is 4.10. The zero-order valence-corrected chi connectivity index (χ0v) is 8.62. The zero-order chi connectivity index (χ0) is 9.68. The van der Waals surface area contributed by atoms with Crippen molar-refractivity contribution in [2.24, 2.45) is 0 Å². The molecule has 1 rings (SSSR count). The molecule has 4 heteroatoms. The molecule has 0 fully saturated rings. The number of aromatic nitrogens is 3. The molecular weight excluding hydrogens is 164 g/mol. The summed E-state index contributed by atoms with van der Waals surface area (Å²) >= 11 is 0. The molecule has 0 aliphatic heterocycles. The van der Waals surface area contributed by atoms with Gasteiger partial charge in [-0.2, -0.15) is 0 Å². The van der Waals surface area contributed by atoms with Gasteiger partial charge in [0.1, 0.15) is 0 Å². The Morgan fingerprint density at radius 2 is 2.15 bits per heavy atom. The lowest BCUT2D eigenvalue weighted by atomic mass is 10.2. The van der Waals surface area contributed by atoms with Gasteiger partial charge in [-0.3, -0.25) is 0 Å². The van der Waals surface area contributed by atoms with Gasteiger partial charge >= 0.3 is 0 Å². The lowest BCUT2D eigenvalue weighted by molar-refractivity contribution is 0.418. The van der Waals surface area contributed by atoms with Gasteiger partial charge in [-0.25, -0.2) is 4.68 Å². The molecule has 1 heterocycles. The summed E-state index contributed by atoms with van der Waals surface area (Å²) in [5.41, 5.74) is 1.01. The minimum Gasteiger partial charge on any atom is -0.314 e. The molecule has 0 radical (unpaired) electrons. The van der Waals surface area contributed by atoms with E-state index in [1.807, 2.05) is 17.9 Å². The fourth-order valence-electron chi connectivity index (χ4n) is 1.42. The standard InChI is InChI=1S/C9H18N4/c1-4-9(5-2)13-7-8(6-10-3)11-12-13/h7,9-10H,4-6H2,1-3H3. The molecule has 0 aliphatic rings. The van der Waals surface area contributed by atoms with Gasteiger partial charge in [-0.1, -0.05) is 19.1 Å². The summed E-state index contributed by atoms with van der Waals surface area (Å²) in [6.45, 7) is 5.14. The van der Waals surface area contributed by atoms with E-state index in [0.29, 0.717) is 6.04 Å². The van der Waals surface area contributed by atoms with Gasteiger partial charge in [0.25, 0.3) is 0 Å². The number of rotatable bonds is 5. The van der Waals surface area contributed by atoms with Crippen LogP contribution >= 0.6 is 0 Å². The van der Waals surface area contributed by atoms with Gasteiger partial charge in [-0.05, 0) is 19.9 Å². The summed E-state index contributed by atoms with van der Waals surface area (Å²) in [5.74, 6) is 0. The van der Waals surface area contributed by atoms with Crippen LogP contribution in [0, 0.1) is 0 Å². The van der Waals surface area contributed by atoms with Crippen molar-refractivity contribution < 1.29 is 0 Å². The molecule has 0 saturated carbocycles. The Hall–Kier alpha value is -0.900. The van der Waals surface area contributed by atoms with Crippen LogP contribution in [-0.4, -0.2) is 22.0 Å². The van der Waals surface area contributed by atoms with Crippen molar-refractivity contribution in [3.05, 3.63) is 11.9 Å². The van der Waals surface area contributed by atoms with Gasteiger partial charge in [-0.15, -0.1) is 5.10 Å². The molecule has 0 amide bonds. The number of nitrogens with one attached hydrogen (secondary N) is 1. The summed E-state index contributed by atoms with van der Waals surface area (Å²) in [5, 5.41) is 11.2. The van der Waals surface area contributed by atoms with E-state index in [4.69, 9.17) is 0 Å². The molecule has 13 heavy (non-hydrogen) atoms. The Morgan fingerprint density at radius 1 is 1.46 bits per heavy atom. The highest BCUT2D eigenvalue weighted by molar-refractivity contribution is 4.92. The predicted molar refractivity (Wildman–Crippen MR) is 52.4 cm³/mol. The first-order valence-corrected chi connectivity index (χ1v) is 4.87. The second-order valence-electron chi connectivity index (χ2n) is 3.19. The van der Waals surface area contributed by atoms with E-state index in [1.165, 1.54) is 0 Å². The highest BCUT2D eigenvalue weighted by atomic mass is 15.4. The summed E-state index contributed by atoms with van der Waals surface area (Å²) < 4.78 is 1.96. The maximum absolute atomic E-state index is 4.10. The molecule has 1 aromatic heterocycles. The number of nitrogens with zero attached hydrogens (tertiary/aromatic N) is 3. The largest absolute Gasteiger partial charge is 0.314 e. The lowest BCUT2D eigenvalue weighted by Crippen LogP contribution is -2.07. The highest BCUT2D eigenvalue weighted by Gasteiger charge is 2.07. The Morgan fingerprint density at radius 3 is 2.69 bits per heavy atom. The molecule has 0 aliphatic carbocycles. The van der Waals surface area contributed by atoms with E-state index in [9.17, 15) is 0 Å². The summed E-state index contributed by atoms with van der Waals surface area (Å²) in [6, 6.07) is 0.498. The van der Waals surface area contributed by atoms with Gasteiger partial charge in [0.15, 0.2) is 0 Å². The van der Waals surface area contributed by atoms with Crippen molar-refractivity contribution >= 4 is 0 Å². The molecule has 0 bridgehead atoms. The van der Waals surface area contributed by atoms with Crippen molar-refractivity contribution in [3.63, 3.8) is 0 Å². The molecule has 0 atom stereocenters. The SMILES string of the molecule is CCC(CC)n1cc(CNC)nn1. The molecule has 4 nitrogen and oxygen atoms in total. The number of hydrogen-bond donors (Lipinski definition) is 1. The first-order chi connectivity index (χ1) is 6.31. The van der Waals surface area contributed by atoms with Crippen molar-refractivity contribution in [2.75, 3.05) is 7.05 Å². The van der Waals surface area contributed by atoms with Crippen LogP contribution in [0.4, 0.5) is 0 Å². The third kappa shape index (κ3) is 2.52. The molecule has 0 aromatic carbocycles. The smallest absolute Gasteiger partial charge is 0.0964 e. The van der Waals surface area contributed by atoms with Crippen LogP contribution in [0.3, 0.4) is 0 Å². The van der Waals surface area contributed by atoms with E-state index in [1.54, 1.807) is 0 Å². The quantitative estimate of drug-likeness (QED) is 0.747. The van der Waals surface area contributed by atoms with E-state index in [0.717, 1.165) is 25.1 Å². The zero-order valence-electron chi connectivity index (χ0n) is 8.62. The second kappa shape index (κ2) is 4.97. The first-order valence-electron chi connectivity index (χ1n) is 4.87. The average Bonchev–Trinajstić information content (AvgIpc) is 2.56. The molecule has 0 saturated heterocycles. The van der Waals surface area contributed by atoms with Gasteiger partial charge < -0.3 is 5.32 Å². The van der Waals surface area contributed by atoms with Crippen molar-refractivity contribution in [3.8, 4) is 0 Å². The topological polar surface area (TPSA) is 42.7 Å². The van der Waals surface area contributed by atoms with Crippen molar-refractivity contribution in [2.45, 2.75) is 39.3 Å². The Balaban J connectivity index is 2.66. The third-order valence-electron chi connectivity index (χ3n) is 2.23.